The van der Waals surface area contributed by atoms with Crippen LogP contribution in [0.15, 0.2) is 30.7 Å². The van der Waals surface area contributed by atoms with Gasteiger partial charge in [-0.3, -0.25) is 0 Å². The molecule has 5 nitrogen and oxygen atoms in total. The number of hydrogen-bond donors (Lipinski definition) is 0. The molecule has 2 aromatic rings. The SMILES string of the molecule is c1cnnc(-n2ccnn2)c1. The van der Waals surface area contributed by atoms with Crippen molar-refractivity contribution in [3.8, 4) is 5.82 Å². The lowest BCUT2D eigenvalue weighted by molar-refractivity contribution is 0.762. The van der Waals surface area contributed by atoms with Crippen LogP contribution in [0.25, 0.3) is 5.82 Å². The second-order valence-electron chi connectivity index (χ2n) is 1.93. The van der Waals surface area contributed by atoms with Gasteiger partial charge in [-0.1, -0.05) is 5.21 Å². The molecule has 11 heavy (non-hydrogen) atoms. The zero-order valence-corrected chi connectivity index (χ0v) is 5.62. The fourth-order valence-corrected chi connectivity index (χ4v) is 0.746. The fraction of sp³-hybridized carbons (Fsp3) is 0. The average Bonchev–Trinajstić information content (AvgIpc) is 2.58. The summed E-state index contributed by atoms with van der Waals surface area (Å²) in [6, 6.07) is 3.60. The van der Waals surface area contributed by atoms with Crippen molar-refractivity contribution in [2.24, 2.45) is 0 Å². The number of nitrogens with zero attached hydrogens (tertiary/aromatic N) is 5. The molecule has 0 atom stereocenters. The van der Waals surface area contributed by atoms with Gasteiger partial charge in [0.15, 0.2) is 5.82 Å². The zero-order valence-electron chi connectivity index (χ0n) is 5.62. The van der Waals surface area contributed by atoms with Gasteiger partial charge in [-0.25, -0.2) is 4.68 Å². The lowest BCUT2D eigenvalue weighted by Crippen LogP contribution is -1.98. The first-order valence-corrected chi connectivity index (χ1v) is 3.11. The first-order chi connectivity index (χ1) is 5.47. The fourth-order valence-electron chi connectivity index (χ4n) is 0.746. The van der Waals surface area contributed by atoms with Crippen molar-refractivity contribution < 1.29 is 0 Å². The highest BCUT2D eigenvalue weighted by molar-refractivity contribution is 5.15. The molecule has 0 saturated carbocycles. The predicted molar refractivity (Wildman–Crippen MR) is 36.9 cm³/mol. The van der Waals surface area contributed by atoms with Gasteiger partial charge in [0, 0.05) is 6.20 Å². The van der Waals surface area contributed by atoms with Crippen LogP contribution in [0, 0.1) is 0 Å². The molecule has 2 rings (SSSR count). The maximum absolute atomic E-state index is 3.83. The van der Waals surface area contributed by atoms with Gasteiger partial charge in [0.05, 0.1) is 12.4 Å². The monoisotopic (exact) mass is 147 g/mol. The van der Waals surface area contributed by atoms with E-state index >= 15 is 0 Å². The standard InChI is InChI=1S/C6H5N5/c1-2-6(9-7-3-1)11-5-4-8-10-11/h1-5H. The Morgan fingerprint density at radius 1 is 1.18 bits per heavy atom. The van der Waals surface area contributed by atoms with Gasteiger partial charge in [-0.05, 0) is 12.1 Å². The molecular formula is C6H5N5. The van der Waals surface area contributed by atoms with Gasteiger partial charge in [0.2, 0.25) is 0 Å². The van der Waals surface area contributed by atoms with Gasteiger partial charge < -0.3 is 0 Å². The van der Waals surface area contributed by atoms with Crippen LogP contribution < -0.4 is 0 Å². The van der Waals surface area contributed by atoms with E-state index in [-0.39, 0.29) is 0 Å². The summed E-state index contributed by atoms with van der Waals surface area (Å²) in [4.78, 5) is 0. The molecule has 0 bridgehead atoms. The van der Waals surface area contributed by atoms with E-state index in [2.05, 4.69) is 20.5 Å². The molecule has 0 saturated heterocycles. The summed E-state index contributed by atoms with van der Waals surface area (Å²) in [7, 11) is 0. The van der Waals surface area contributed by atoms with Crippen molar-refractivity contribution in [2.45, 2.75) is 0 Å². The third-order valence-corrected chi connectivity index (χ3v) is 1.22. The maximum atomic E-state index is 3.83. The molecule has 0 amide bonds. The first-order valence-electron chi connectivity index (χ1n) is 3.11. The van der Waals surface area contributed by atoms with Crippen LogP contribution in [-0.4, -0.2) is 25.2 Å². The summed E-state index contributed by atoms with van der Waals surface area (Å²) in [5, 5.41) is 14.9. The maximum Gasteiger partial charge on any atom is 0.177 e. The van der Waals surface area contributed by atoms with E-state index in [9.17, 15) is 0 Å². The van der Waals surface area contributed by atoms with Crippen molar-refractivity contribution in [3.05, 3.63) is 30.7 Å². The summed E-state index contributed by atoms with van der Waals surface area (Å²) in [6.45, 7) is 0. The summed E-state index contributed by atoms with van der Waals surface area (Å²) in [5.74, 6) is 0.671. The van der Waals surface area contributed by atoms with E-state index in [4.69, 9.17) is 0 Å². The highest BCUT2D eigenvalue weighted by Gasteiger charge is 1.94. The Morgan fingerprint density at radius 2 is 2.18 bits per heavy atom. The Labute approximate surface area is 62.7 Å². The number of rotatable bonds is 1. The molecule has 5 heteroatoms. The van der Waals surface area contributed by atoms with Gasteiger partial charge >= 0.3 is 0 Å². The van der Waals surface area contributed by atoms with Crippen molar-refractivity contribution in [1.29, 1.82) is 0 Å². The Hall–Kier alpha value is -1.78. The molecular weight excluding hydrogens is 142 g/mol. The van der Waals surface area contributed by atoms with Crippen molar-refractivity contribution in [1.82, 2.24) is 25.2 Å². The second kappa shape index (κ2) is 2.45. The molecule has 0 aliphatic heterocycles. The van der Waals surface area contributed by atoms with E-state index in [0.29, 0.717) is 5.82 Å². The average molecular weight is 147 g/mol. The number of hydrogen-bond acceptors (Lipinski definition) is 4. The Morgan fingerprint density at radius 3 is 2.82 bits per heavy atom. The summed E-state index contributed by atoms with van der Waals surface area (Å²) in [6.07, 6.45) is 4.92. The van der Waals surface area contributed by atoms with Gasteiger partial charge in [-0.2, -0.15) is 5.10 Å². The Balaban J connectivity index is 2.46. The lowest BCUT2D eigenvalue weighted by Gasteiger charge is -1.93. The minimum absolute atomic E-state index is 0.671. The Kier molecular flexibility index (Phi) is 1.33. The van der Waals surface area contributed by atoms with E-state index in [1.807, 2.05) is 6.07 Å². The van der Waals surface area contributed by atoms with Crippen LogP contribution in [0.5, 0.6) is 0 Å². The van der Waals surface area contributed by atoms with Crippen LogP contribution in [0.1, 0.15) is 0 Å². The molecule has 54 valence electrons. The van der Waals surface area contributed by atoms with Gasteiger partial charge in [0.25, 0.3) is 0 Å². The van der Waals surface area contributed by atoms with Crippen LogP contribution in [-0.2, 0) is 0 Å². The second-order valence-corrected chi connectivity index (χ2v) is 1.93. The molecule has 0 radical (unpaired) electrons. The minimum atomic E-state index is 0.671. The highest BCUT2D eigenvalue weighted by atomic mass is 15.4. The number of aromatic nitrogens is 5. The quantitative estimate of drug-likeness (QED) is 0.572. The van der Waals surface area contributed by atoms with Crippen molar-refractivity contribution in [2.75, 3.05) is 0 Å². The first kappa shape index (κ1) is 5.96. The largest absolute Gasteiger partial charge is 0.201 e. The minimum Gasteiger partial charge on any atom is -0.201 e. The van der Waals surface area contributed by atoms with E-state index < -0.39 is 0 Å². The molecule has 0 aliphatic rings. The molecule has 0 aliphatic carbocycles. The molecule has 2 aromatic heterocycles. The predicted octanol–water partition coefficient (Wildman–Crippen LogP) is 0.0573. The topological polar surface area (TPSA) is 56.5 Å². The molecule has 0 spiro atoms. The van der Waals surface area contributed by atoms with Crippen LogP contribution in [0.2, 0.25) is 0 Å². The van der Waals surface area contributed by atoms with Crippen LogP contribution in [0.4, 0.5) is 0 Å². The third kappa shape index (κ3) is 1.07. The van der Waals surface area contributed by atoms with E-state index in [0.717, 1.165) is 0 Å². The van der Waals surface area contributed by atoms with Crippen LogP contribution in [0.3, 0.4) is 0 Å². The summed E-state index contributed by atoms with van der Waals surface area (Å²) < 4.78 is 1.55. The van der Waals surface area contributed by atoms with E-state index in [1.54, 1.807) is 29.3 Å². The molecule has 2 heterocycles. The van der Waals surface area contributed by atoms with Crippen LogP contribution >= 0.6 is 0 Å². The lowest BCUT2D eigenvalue weighted by atomic mass is 10.5. The normalized spacial score (nSPS) is 9.82. The molecule has 0 unspecified atom stereocenters. The molecule has 0 aromatic carbocycles. The molecule has 0 fully saturated rings. The summed E-state index contributed by atoms with van der Waals surface area (Å²) in [5.41, 5.74) is 0. The van der Waals surface area contributed by atoms with Crippen molar-refractivity contribution >= 4 is 0 Å². The summed E-state index contributed by atoms with van der Waals surface area (Å²) >= 11 is 0. The Bertz CT molecular complexity index is 314. The molecule has 0 N–H and O–H groups in total. The smallest absolute Gasteiger partial charge is 0.177 e. The van der Waals surface area contributed by atoms with Gasteiger partial charge in [-0.15, -0.1) is 10.2 Å². The third-order valence-electron chi connectivity index (χ3n) is 1.22. The van der Waals surface area contributed by atoms with Crippen molar-refractivity contribution in [3.63, 3.8) is 0 Å². The van der Waals surface area contributed by atoms with E-state index in [1.165, 1.54) is 0 Å². The zero-order chi connectivity index (χ0) is 7.52. The highest BCUT2D eigenvalue weighted by Crippen LogP contribution is 1.95. The van der Waals surface area contributed by atoms with Gasteiger partial charge in [0.1, 0.15) is 0 Å².